The van der Waals surface area contributed by atoms with Gasteiger partial charge in [0.05, 0.1) is 13.7 Å². The van der Waals surface area contributed by atoms with Crippen molar-refractivity contribution >= 4 is 5.97 Å². The minimum absolute atomic E-state index is 0.217. The van der Waals surface area contributed by atoms with Crippen molar-refractivity contribution in [3.8, 4) is 17.2 Å². The summed E-state index contributed by atoms with van der Waals surface area (Å²) in [5.74, 6) is 2.08. The lowest BCUT2D eigenvalue weighted by Gasteiger charge is -2.08. The average Bonchev–Trinajstić information content (AvgIpc) is 2.54. The van der Waals surface area contributed by atoms with E-state index < -0.39 is 0 Å². The Balaban J connectivity index is 1.78. The maximum absolute atomic E-state index is 10.9. The van der Waals surface area contributed by atoms with E-state index in [0.717, 1.165) is 17.2 Å². The summed E-state index contributed by atoms with van der Waals surface area (Å²) in [7, 11) is 1.38. The zero-order chi connectivity index (χ0) is 14.9. The number of benzene rings is 2. The van der Waals surface area contributed by atoms with Crippen molar-refractivity contribution in [1.82, 2.24) is 0 Å². The van der Waals surface area contributed by atoms with E-state index >= 15 is 0 Å². The molecular weight excluding hydrogens is 268 g/mol. The molecule has 0 fully saturated rings. The van der Waals surface area contributed by atoms with Gasteiger partial charge in [-0.1, -0.05) is 18.2 Å². The molecular formula is C17H18O4. The molecule has 2 aromatic carbocycles. The molecule has 21 heavy (non-hydrogen) atoms. The van der Waals surface area contributed by atoms with Crippen molar-refractivity contribution in [3.63, 3.8) is 0 Å². The Bertz CT molecular complexity index is 549. The molecule has 4 nitrogen and oxygen atoms in total. The fourth-order valence-corrected chi connectivity index (χ4v) is 1.74. The van der Waals surface area contributed by atoms with Crippen molar-refractivity contribution in [3.05, 3.63) is 54.6 Å². The van der Waals surface area contributed by atoms with Crippen LogP contribution in [0, 0.1) is 0 Å². The van der Waals surface area contributed by atoms with Crippen LogP contribution in [0.3, 0.4) is 0 Å². The standard InChI is InChI=1S/C17H18O4/c1-19-17(18)8-5-13-20-14-9-11-16(12-10-14)21-15-6-3-2-4-7-15/h2-4,6-7,9-12H,5,8,13H2,1H3. The molecule has 0 saturated heterocycles. The Morgan fingerprint density at radius 3 is 2.19 bits per heavy atom. The van der Waals surface area contributed by atoms with Gasteiger partial charge in [0.2, 0.25) is 0 Å². The molecule has 0 N–H and O–H groups in total. The molecule has 4 heteroatoms. The molecule has 0 aromatic heterocycles. The predicted molar refractivity (Wildman–Crippen MR) is 79.7 cm³/mol. The molecule has 0 amide bonds. The second-order valence-electron chi connectivity index (χ2n) is 4.41. The molecule has 0 aliphatic carbocycles. The number of ether oxygens (including phenoxy) is 3. The van der Waals surface area contributed by atoms with Crippen LogP contribution >= 0.6 is 0 Å². The summed E-state index contributed by atoms with van der Waals surface area (Å²) < 4.78 is 15.8. The highest BCUT2D eigenvalue weighted by Gasteiger charge is 2.01. The third kappa shape index (κ3) is 5.18. The predicted octanol–water partition coefficient (Wildman–Crippen LogP) is 3.81. The van der Waals surface area contributed by atoms with Gasteiger partial charge >= 0.3 is 5.97 Å². The van der Waals surface area contributed by atoms with E-state index in [1.807, 2.05) is 54.6 Å². The van der Waals surface area contributed by atoms with Crippen molar-refractivity contribution in [2.24, 2.45) is 0 Å². The SMILES string of the molecule is COC(=O)CCCOc1ccc(Oc2ccccc2)cc1. The van der Waals surface area contributed by atoms with E-state index in [1.165, 1.54) is 7.11 Å². The number of carbonyl (C=O) groups excluding carboxylic acids is 1. The lowest BCUT2D eigenvalue weighted by molar-refractivity contribution is -0.140. The van der Waals surface area contributed by atoms with Gasteiger partial charge in [-0.15, -0.1) is 0 Å². The van der Waals surface area contributed by atoms with E-state index in [9.17, 15) is 4.79 Å². The first kappa shape index (κ1) is 14.9. The number of carbonyl (C=O) groups is 1. The fourth-order valence-electron chi connectivity index (χ4n) is 1.74. The second-order valence-corrected chi connectivity index (χ2v) is 4.41. The van der Waals surface area contributed by atoms with Crippen LogP contribution in [0.25, 0.3) is 0 Å². The Labute approximate surface area is 124 Å². The first-order valence-electron chi connectivity index (χ1n) is 6.80. The van der Waals surface area contributed by atoms with Crippen LogP contribution in [0.5, 0.6) is 17.2 Å². The van der Waals surface area contributed by atoms with Gasteiger partial charge in [-0.3, -0.25) is 4.79 Å². The second kappa shape index (κ2) is 7.94. The van der Waals surface area contributed by atoms with Crippen LogP contribution in [0.15, 0.2) is 54.6 Å². The van der Waals surface area contributed by atoms with Crippen LogP contribution in [0.4, 0.5) is 0 Å². The summed E-state index contributed by atoms with van der Waals surface area (Å²) in [5, 5.41) is 0. The van der Waals surface area contributed by atoms with Crippen LogP contribution in [-0.2, 0) is 9.53 Å². The maximum Gasteiger partial charge on any atom is 0.305 e. The highest BCUT2D eigenvalue weighted by molar-refractivity contribution is 5.69. The average molecular weight is 286 g/mol. The zero-order valence-electron chi connectivity index (χ0n) is 12.0. The van der Waals surface area contributed by atoms with Crippen molar-refractivity contribution < 1.29 is 19.0 Å². The Hall–Kier alpha value is -2.49. The van der Waals surface area contributed by atoms with E-state index in [2.05, 4.69) is 4.74 Å². The van der Waals surface area contributed by atoms with Gasteiger partial charge in [0.15, 0.2) is 0 Å². The first-order valence-corrected chi connectivity index (χ1v) is 6.80. The summed E-state index contributed by atoms with van der Waals surface area (Å²) in [6, 6.07) is 17.0. The van der Waals surface area contributed by atoms with Gasteiger partial charge in [-0.05, 0) is 42.8 Å². The number of rotatable bonds is 7. The maximum atomic E-state index is 10.9. The van der Waals surface area contributed by atoms with E-state index in [0.29, 0.717) is 19.4 Å². The molecule has 110 valence electrons. The smallest absolute Gasteiger partial charge is 0.305 e. The fraction of sp³-hybridized carbons (Fsp3) is 0.235. The van der Waals surface area contributed by atoms with Crippen LogP contribution < -0.4 is 9.47 Å². The summed E-state index contributed by atoms with van der Waals surface area (Å²) in [5.41, 5.74) is 0. The van der Waals surface area contributed by atoms with Gasteiger partial charge < -0.3 is 14.2 Å². The third-order valence-electron chi connectivity index (χ3n) is 2.82. The summed E-state index contributed by atoms with van der Waals surface area (Å²) in [4.78, 5) is 10.9. The molecule has 0 radical (unpaired) electrons. The summed E-state index contributed by atoms with van der Waals surface area (Å²) in [6.45, 7) is 0.480. The van der Waals surface area contributed by atoms with Gasteiger partial charge in [-0.2, -0.15) is 0 Å². The molecule has 2 rings (SSSR count). The molecule has 0 aliphatic heterocycles. The molecule has 2 aromatic rings. The lowest BCUT2D eigenvalue weighted by Crippen LogP contribution is -2.04. The highest BCUT2D eigenvalue weighted by atomic mass is 16.5. The van der Waals surface area contributed by atoms with Gasteiger partial charge in [-0.25, -0.2) is 0 Å². The summed E-state index contributed by atoms with van der Waals surface area (Å²) in [6.07, 6.45) is 1.00. The zero-order valence-corrected chi connectivity index (χ0v) is 12.0. The Morgan fingerprint density at radius 2 is 1.52 bits per heavy atom. The first-order chi connectivity index (χ1) is 10.3. The number of hydrogen-bond donors (Lipinski definition) is 0. The summed E-state index contributed by atoms with van der Waals surface area (Å²) >= 11 is 0. The number of esters is 1. The minimum atomic E-state index is -0.217. The lowest BCUT2D eigenvalue weighted by atomic mass is 10.3. The van der Waals surface area contributed by atoms with Crippen LogP contribution in [0.1, 0.15) is 12.8 Å². The quantitative estimate of drug-likeness (QED) is 0.573. The molecule has 0 bridgehead atoms. The van der Waals surface area contributed by atoms with Gasteiger partial charge in [0, 0.05) is 6.42 Å². The molecule has 0 atom stereocenters. The normalized spacial score (nSPS) is 9.95. The van der Waals surface area contributed by atoms with Gasteiger partial charge in [0.25, 0.3) is 0 Å². The van der Waals surface area contributed by atoms with Crippen molar-refractivity contribution in [2.75, 3.05) is 13.7 Å². The Morgan fingerprint density at radius 1 is 0.905 bits per heavy atom. The Kier molecular flexibility index (Phi) is 5.64. The van der Waals surface area contributed by atoms with Crippen molar-refractivity contribution in [1.29, 1.82) is 0 Å². The van der Waals surface area contributed by atoms with Crippen molar-refractivity contribution in [2.45, 2.75) is 12.8 Å². The molecule has 0 aliphatic rings. The van der Waals surface area contributed by atoms with E-state index in [1.54, 1.807) is 0 Å². The monoisotopic (exact) mass is 286 g/mol. The van der Waals surface area contributed by atoms with Crippen LogP contribution in [-0.4, -0.2) is 19.7 Å². The number of para-hydroxylation sites is 1. The van der Waals surface area contributed by atoms with E-state index in [-0.39, 0.29) is 5.97 Å². The molecule has 0 heterocycles. The third-order valence-corrected chi connectivity index (χ3v) is 2.82. The molecule has 0 unspecified atom stereocenters. The highest BCUT2D eigenvalue weighted by Crippen LogP contribution is 2.23. The minimum Gasteiger partial charge on any atom is -0.494 e. The van der Waals surface area contributed by atoms with Gasteiger partial charge in [0.1, 0.15) is 17.2 Å². The van der Waals surface area contributed by atoms with E-state index in [4.69, 9.17) is 9.47 Å². The molecule has 0 spiro atoms. The topological polar surface area (TPSA) is 44.8 Å². The molecule has 0 saturated carbocycles. The van der Waals surface area contributed by atoms with Crippen LogP contribution in [0.2, 0.25) is 0 Å². The number of hydrogen-bond acceptors (Lipinski definition) is 4. The largest absolute Gasteiger partial charge is 0.494 e. The number of methoxy groups -OCH3 is 1.